The Morgan fingerprint density at radius 2 is 1.94 bits per heavy atom. The van der Waals surface area contributed by atoms with Crippen molar-refractivity contribution in [1.29, 1.82) is 0 Å². The summed E-state index contributed by atoms with van der Waals surface area (Å²) in [5, 5.41) is 3.55. The Kier molecular flexibility index (Phi) is 5.16. The first-order valence-electron chi connectivity index (χ1n) is 6.30. The molecule has 1 aromatic rings. The molecule has 1 N–H and O–H groups in total. The first-order chi connectivity index (χ1) is 7.89. The third-order valence-electron chi connectivity index (χ3n) is 2.76. The third-order valence-corrected chi connectivity index (χ3v) is 2.76. The van der Waals surface area contributed by atoms with Gasteiger partial charge in [-0.3, -0.25) is 0 Å². The molecule has 17 heavy (non-hydrogen) atoms. The van der Waals surface area contributed by atoms with Crippen molar-refractivity contribution in [2.45, 2.75) is 27.3 Å². The van der Waals surface area contributed by atoms with Gasteiger partial charge in [-0.1, -0.05) is 43.7 Å². The van der Waals surface area contributed by atoms with Gasteiger partial charge >= 0.3 is 0 Å². The molecule has 0 aliphatic rings. The number of hydrogen-bond acceptors (Lipinski definition) is 2. The molecule has 0 saturated heterocycles. The van der Waals surface area contributed by atoms with Gasteiger partial charge in [-0.05, 0) is 32.0 Å². The van der Waals surface area contributed by atoms with Crippen LogP contribution in [0.5, 0.6) is 0 Å². The number of hydrogen-bond donors (Lipinski definition) is 1. The summed E-state index contributed by atoms with van der Waals surface area (Å²) in [6, 6.07) is 8.68. The largest absolute Gasteiger partial charge is 0.312 e. The maximum atomic E-state index is 3.55. The maximum absolute atomic E-state index is 3.55. The van der Waals surface area contributed by atoms with E-state index in [1.165, 1.54) is 11.1 Å². The molecule has 0 heterocycles. The van der Waals surface area contributed by atoms with Crippen LogP contribution < -0.4 is 5.32 Å². The van der Waals surface area contributed by atoms with Gasteiger partial charge < -0.3 is 10.2 Å². The molecule has 0 aliphatic heterocycles. The molecule has 1 rings (SSSR count). The molecule has 0 atom stereocenters. The summed E-state index contributed by atoms with van der Waals surface area (Å²) in [6.45, 7) is 9.84. The van der Waals surface area contributed by atoms with Crippen LogP contribution >= 0.6 is 0 Å². The van der Waals surface area contributed by atoms with Crippen LogP contribution in [0.4, 0.5) is 0 Å². The zero-order valence-electron chi connectivity index (χ0n) is 11.9. The lowest BCUT2D eigenvalue weighted by Crippen LogP contribution is -2.37. The van der Waals surface area contributed by atoms with E-state index in [0.717, 1.165) is 19.6 Å². The lowest BCUT2D eigenvalue weighted by atomic mass is 9.93. The summed E-state index contributed by atoms with van der Waals surface area (Å²) in [7, 11) is 4.25. The van der Waals surface area contributed by atoms with Crippen LogP contribution in [0.15, 0.2) is 24.3 Å². The monoisotopic (exact) mass is 234 g/mol. The fraction of sp³-hybridized carbons (Fsp3) is 0.600. The molecule has 0 saturated carbocycles. The summed E-state index contributed by atoms with van der Waals surface area (Å²) < 4.78 is 0. The minimum absolute atomic E-state index is 0.313. The molecule has 2 nitrogen and oxygen atoms in total. The average Bonchev–Trinajstić information content (AvgIpc) is 2.15. The lowest BCUT2D eigenvalue weighted by Gasteiger charge is -2.28. The molecule has 96 valence electrons. The second-order valence-electron chi connectivity index (χ2n) is 5.99. The normalized spacial score (nSPS) is 12.1. The minimum Gasteiger partial charge on any atom is -0.312 e. The SMILES string of the molecule is Cc1cccc(CNCC(C)(C)CN(C)C)c1. The Hall–Kier alpha value is -0.860. The fourth-order valence-corrected chi connectivity index (χ4v) is 2.28. The summed E-state index contributed by atoms with van der Waals surface area (Å²) in [5.41, 5.74) is 3.01. The van der Waals surface area contributed by atoms with Crippen molar-refractivity contribution >= 4 is 0 Å². The van der Waals surface area contributed by atoms with Crippen LogP contribution in [0.25, 0.3) is 0 Å². The molecule has 0 fully saturated rings. The second-order valence-corrected chi connectivity index (χ2v) is 5.99. The molecule has 0 aromatic heterocycles. The van der Waals surface area contributed by atoms with Gasteiger partial charge in [0.1, 0.15) is 0 Å². The third kappa shape index (κ3) is 5.85. The van der Waals surface area contributed by atoms with E-state index in [1.807, 2.05) is 0 Å². The van der Waals surface area contributed by atoms with Crippen molar-refractivity contribution in [3.05, 3.63) is 35.4 Å². The number of nitrogens with zero attached hydrogens (tertiary/aromatic N) is 1. The van der Waals surface area contributed by atoms with Crippen molar-refractivity contribution in [2.24, 2.45) is 5.41 Å². The molecular formula is C15H26N2. The maximum Gasteiger partial charge on any atom is 0.0205 e. The summed E-state index contributed by atoms with van der Waals surface area (Å²) in [6.07, 6.45) is 0. The van der Waals surface area contributed by atoms with Crippen molar-refractivity contribution in [2.75, 3.05) is 27.2 Å². The highest BCUT2D eigenvalue weighted by atomic mass is 15.1. The van der Waals surface area contributed by atoms with E-state index in [0.29, 0.717) is 5.41 Å². The van der Waals surface area contributed by atoms with Gasteiger partial charge in [-0.15, -0.1) is 0 Å². The van der Waals surface area contributed by atoms with Crippen molar-refractivity contribution in [3.8, 4) is 0 Å². The van der Waals surface area contributed by atoms with Gasteiger partial charge in [0.2, 0.25) is 0 Å². The standard InChI is InChI=1S/C15H26N2/c1-13-7-6-8-14(9-13)10-16-11-15(2,3)12-17(4)5/h6-9,16H,10-12H2,1-5H3. The Morgan fingerprint density at radius 1 is 1.24 bits per heavy atom. The van der Waals surface area contributed by atoms with Crippen LogP contribution in [-0.2, 0) is 6.54 Å². The summed E-state index contributed by atoms with van der Waals surface area (Å²) in [4.78, 5) is 2.24. The predicted octanol–water partition coefficient (Wildman–Crippen LogP) is 2.67. The Bertz CT molecular complexity index is 343. The Balaban J connectivity index is 2.37. The van der Waals surface area contributed by atoms with Gasteiger partial charge in [0.05, 0.1) is 0 Å². The van der Waals surface area contributed by atoms with E-state index in [-0.39, 0.29) is 0 Å². The molecule has 0 aliphatic carbocycles. The molecule has 0 radical (unpaired) electrons. The smallest absolute Gasteiger partial charge is 0.0205 e. The van der Waals surface area contributed by atoms with E-state index in [9.17, 15) is 0 Å². The van der Waals surface area contributed by atoms with Gasteiger partial charge in [0.25, 0.3) is 0 Å². The van der Waals surface area contributed by atoms with Crippen LogP contribution in [0.2, 0.25) is 0 Å². The summed E-state index contributed by atoms with van der Waals surface area (Å²) >= 11 is 0. The first-order valence-corrected chi connectivity index (χ1v) is 6.30. The fourth-order valence-electron chi connectivity index (χ4n) is 2.28. The second kappa shape index (κ2) is 6.18. The highest BCUT2D eigenvalue weighted by Crippen LogP contribution is 2.14. The summed E-state index contributed by atoms with van der Waals surface area (Å²) in [5.74, 6) is 0. The van der Waals surface area contributed by atoms with Crippen molar-refractivity contribution < 1.29 is 0 Å². The van der Waals surface area contributed by atoms with Crippen LogP contribution in [0, 0.1) is 12.3 Å². The Labute approximate surface area is 106 Å². The van der Waals surface area contributed by atoms with Crippen molar-refractivity contribution in [1.82, 2.24) is 10.2 Å². The molecular weight excluding hydrogens is 208 g/mol. The molecule has 0 unspecified atom stereocenters. The topological polar surface area (TPSA) is 15.3 Å². The van der Waals surface area contributed by atoms with E-state index >= 15 is 0 Å². The highest BCUT2D eigenvalue weighted by Gasteiger charge is 2.17. The first kappa shape index (κ1) is 14.2. The number of aryl methyl sites for hydroxylation is 1. The number of benzene rings is 1. The van der Waals surface area contributed by atoms with E-state index in [2.05, 4.69) is 69.3 Å². The molecule has 0 amide bonds. The number of nitrogens with one attached hydrogen (secondary N) is 1. The molecule has 2 heteroatoms. The zero-order valence-corrected chi connectivity index (χ0v) is 11.9. The van der Waals surface area contributed by atoms with Crippen LogP contribution in [-0.4, -0.2) is 32.1 Å². The molecule has 1 aromatic carbocycles. The van der Waals surface area contributed by atoms with Gasteiger partial charge in [0.15, 0.2) is 0 Å². The minimum atomic E-state index is 0.313. The van der Waals surface area contributed by atoms with Gasteiger partial charge in [0, 0.05) is 19.6 Å². The zero-order chi connectivity index (χ0) is 12.9. The van der Waals surface area contributed by atoms with Crippen LogP contribution in [0.3, 0.4) is 0 Å². The molecule has 0 spiro atoms. The lowest BCUT2D eigenvalue weighted by molar-refractivity contribution is 0.232. The van der Waals surface area contributed by atoms with E-state index in [4.69, 9.17) is 0 Å². The average molecular weight is 234 g/mol. The molecule has 0 bridgehead atoms. The van der Waals surface area contributed by atoms with E-state index in [1.54, 1.807) is 0 Å². The number of rotatable bonds is 6. The highest BCUT2D eigenvalue weighted by molar-refractivity contribution is 5.21. The predicted molar refractivity (Wildman–Crippen MR) is 75.2 cm³/mol. The van der Waals surface area contributed by atoms with Gasteiger partial charge in [-0.25, -0.2) is 0 Å². The van der Waals surface area contributed by atoms with Crippen LogP contribution in [0.1, 0.15) is 25.0 Å². The van der Waals surface area contributed by atoms with E-state index < -0.39 is 0 Å². The van der Waals surface area contributed by atoms with Crippen molar-refractivity contribution in [3.63, 3.8) is 0 Å². The Morgan fingerprint density at radius 3 is 2.53 bits per heavy atom. The van der Waals surface area contributed by atoms with Gasteiger partial charge in [-0.2, -0.15) is 0 Å². The quantitative estimate of drug-likeness (QED) is 0.814.